The van der Waals surface area contributed by atoms with E-state index in [2.05, 4.69) is 91.7 Å². The summed E-state index contributed by atoms with van der Waals surface area (Å²) in [6, 6.07) is 6.95. The van der Waals surface area contributed by atoms with E-state index in [-0.39, 0.29) is 10.8 Å². The van der Waals surface area contributed by atoms with Crippen LogP contribution in [-0.2, 0) is 9.47 Å². The Morgan fingerprint density at radius 2 is 1.20 bits per heavy atom. The molecule has 0 aromatic carbocycles. The highest BCUT2D eigenvalue weighted by Gasteiger charge is 2.43. The van der Waals surface area contributed by atoms with Crippen LogP contribution in [0.15, 0.2) is 42.4 Å². The minimum Gasteiger partial charge on any atom is -0.476 e. The molecule has 7 heteroatoms. The number of fused-ring (bicyclic) bond motifs is 2. The van der Waals surface area contributed by atoms with Crippen molar-refractivity contribution in [3.63, 3.8) is 0 Å². The Bertz CT molecular complexity index is 828. The van der Waals surface area contributed by atoms with Crippen LogP contribution in [0, 0.1) is 10.8 Å². The van der Waals surface area contributed by atoms with E-state index >= 15 is 0 Å². The summed E-state index contributed by atoms with van der Waals surface area (Å²) in [7, 11) is 0. The summed E-state index contributed by atoms with van der Waals surface area (Å²) in [5.74, 6) is 3.77. The first-order valence-electron chi connectivity index (χ1n) is 10.8. The molecule has 2 atom stereocenters. The predicted molar refractivity (Wildman–Crippen MR) is 117 cm³/mol. The number of pyridine rings is 1. The molecule has 5 rings (SSSR count). The topological polar surface area (TPSA) is 44.3 Å². The fourth-order valence-electron chi connectivity index (χ4n) is 4.66. The van der Waals surface area contributed by atoms with Crippen molar-refractivity contribution >= 4 is 11.6 Å². The number of rotatable bonds is 2. The van der Waals surface area contributed by atoms with Gasteiger partial charge in [-0.25, -0.2) is 4.98 Å². The van der Waals surface area contributed by atoms with Gasteiger partial charge in [-0.1, -0.05) is 47.6 Å². The van der Waals surface area contributed by atoms with Gasteiger partial charge in [0, 0.05) is 0 Å². The summed E-state index contributed by atoms with van der Waals surface area (Å²) in [4.78, 5) is 14.0. The van der Waals surface area contributed by atoms with Crippen molar-refractivity contribution in [1.82, 2.24) is 14.8 Å². The van der Waals surface area contributed by atoms with Crippen LogP contribution in [0.5, 0.6) is 0 Å². The Labute approximate surface area is 179 Å². The Hall–Kier alpha value is -2.57. The molecule has 162 valence electrons. The molecule has 4 aliphatic heterocycles. The van der Waals surface area contributed by atoms with Gasteiger partial charge in [-0.2, -0.15) is 0 Å². The first-order valence-corrected chi connectivity index (χ1v) is 10.8. The van der Waals surface area contributed by atoms with Gasteiger partial charge in [-0.15, -0.1) is 0 Å². The van der Waals surface area contributed by atoms with E-state index in [1.54, 1.807) is 0 Å². The molecular formula is C23H33N5O2. The van der Waals surface area contributed by atoms with Crippen LogP contribution in [0.2, 0.25) is 0 Å². The lowest BCUT2D eigenvalue weighted by molar-refractivity contribution is 0.175. The van der Waals surface area contributed by atoms with Gasteiger partial charge in [0.2, 0.25) is 11.8 Å². The standard InChI is InChI=1S/C23H33N5O2/c1-22(2,3)16-12-29-20-10-25(14-27(16)20)18-8-7-9-19(24-18)26-11-21-28(15-26)17(13-30-21)23(4,5)6/h7-11,16-17H,12-15H2,1-6H3/t16-,17-/m1/s1. The Balaban J connectivity index is 1.34. The molecule has 0 bridgehead atoms. The SMILES string of the molecule is CC(C)(C)[C@H]1COC2=CN(c3cccc(N4C=C5OC[C@H](C(C)(C)C)N5C4)n3)CN21. The fraction of sp³-hybridized carbons (Fsp3) is 0.609. The molecule has 0 aliphatic carbocycles. The number of nitrogens with zero attached hydrogens (tertiary/aromatic N) is 5. The van der Waals surface area contributed by atoms with Crippen LogP contribution in [0.25, 0.3) is 0 Å². The van der Waals surface area contributed by atoms with Gasteiger partial charge in [0.1, 0.15) is 24.8 Å². The third-order valence-corrected chi connectivity index (χ3v) is 6.55. The van der Waals surface area contributed by atoms with Crippen LogP contribution >= 0.6 is 0 Å². The summed E-state index contributed by atoms with van der Waals surface area (Å²) >= 11 is 0. The van der Waals surface area contributed by atoms with Crippen molar-refractivity contribution in [3.8, 4) is 0 Å². The maximum absolute atomic E-state index is 5.97. The molecule has 0 amide bonds. The molecular weight excluding hydrogens is 378 g/mol. The van der Waals surface area contributed by atoms with Crippen LogP contribution in [0.3, 0.4) is 0 Å². The molecule has 0 saturated carbocycles. The maximum Gasteiger partial charge on any atom is 0.208 e. The van der Waals surface area contributed by atoms with Crippen LogP contribution < -0.4 is 9.80 Å². The van der Waals surface area contributed by atoms with Gasteiger partial charge in [-0.3, -0.25) is 0 Å². The highest BCUT2D eigenvalue weighted by molar-refractivity contribution is 5.54. The molecule has 2 fully saturated rings. The van der Waals surface area contributed by atoms with Gasteiger partial charge in [-0.05, 0) is 23.0 Å². The van der Waals surface area contributed by atoms with E-state index in [9.17, 15) is 0 Å². The molecule has 1 aromatic rings. The van der Waals surface area contributed by atoms with Crippen LogP contribution in [-0.4, -0.2) is 53.4 Å². The summed E-state index contributed by atoms with van der Waals surface area (Å²) < 4.78 is 11.9. The van der Waals surface area contributed by atoms with Crippen molar-refractivity contribution in [2.45, 2.75) is 53.6 Å². The summed E-state index contributed by atoms with van der Waals surface area (Å²) in [6.45, 7) is 16.7. The Morgan fingerprint density at radius 3 is 1.60 bits per heavy atom. The zero-order valence-corrected chi connectivity index (χ0v) is 18.9. The van der Waals surface area contributed by atoms with Crippen LogP contribution in [0.1, 0.15) is 41.5 Å². The molecule has 4 aliphatic rings. The summed E-state index contributed by atoms with van der Waals surface area (Å²) in [5, 5.41) is 0. The molecule has 30 heavy (non-hydrogen) atoms. The highest BCUT2D eigenvalue weighted by Crippen LogP contribution is 2.39. The zero-order chi connectivity index (χ0) is 21.3. The number of ether oxygens (including phenoxy) is 2. The van der Waals surface area contributed by atoms with E-state index in [4.69, 9.17) is 14.5 Å². The summed E-state index contributed by atoms with van der Waals surface area (Å²) in [5.41, 5.74) is 0.330. The van der Waals surface area contributed by atoms with Gasteiger partial charge in [0.25, 0.3) is 0 Å². The first kappa shape index (κ1) is 19.4. The van der Waals surface area contributed by atoms with E-state index in [1.165, 1.54) is 0 Å². The third kappa shape index (κ3) is 3.15. The van der Waals surface area contributed by atoms with Gasteiger partial charge >= 0.3 is 0 Å². The second-order valence-corrected chi connectivity index (χ2v) is 10.8. The van der Waals surface area contributed by atoms with Crippen molar-refractivity contribution in [3.05, 3.63) is 42.4 Å². The summed E-state index contributed by atoms with van der Waals surface area (Å²) in [6.07, 6.45) is 4.16. The first-order chi connectivity index (χ1) is 14.1. The van der Waals surface area contributed by atoms with E-state index < -0.39 is 0 Å². The number of hydrogen-bond acceptors (Lipinski definition) is 7. The lowest BCUT2D eigenvalue weighted by Gasteiger charge is -2.33. The number of hydrogen-bond donors (Lipinski definition) is 0. The highest BCUT2D eigenvalue weighted by atomic mass is 16.5. The Kier molecular flexibility index (Phi) is 4.18. The smallest absolute Gasteiger partial charge is 0.208 e. The Morgan fingerprint density at radius 1 is 0.767 bits per heavy atom. The van der Waals surface area contributed by atoms with Gasteiger partial charge in [0.05, 0.1) is 37.8 Å². The zero-order valence-electron chi connectivity index (χ0n) is 18.9. The normalized spacial score (nSPS) is 25.8. The minimum atomic E-state index is 0.165. The lowest BCUT2D eigenvalue weighted by Crippen LogP contribution is -2.42. The van der Waals surface area contributed by atoms with Gasteiger partial charge in [0.15, 0.2) is 0 Å². The fourth-order valence-corrected chi connectivity index (χ4v) is 4.66. The lowest BCUT2D eigenvalue weighted by atomic mass is 9.87. The molecule has 0 radical (unpaired) electrons. The predicted octanol–water partition coefficient (Wildman–Crippen LogP) is 3.73. The van der Waals surface area contributed by atoms with E-state index in [0.29, 0.717) is 12.1 Å². The van der Waals surface area contributed by atoms with Crippen molar-refractivity contribution in [1.29, 1.82) is 0 Å². The second-order valence-electron chi connectivity index (χ2n) is 10.8. The van der Waals surface area contributed by atoms with E-state index in [1.807, 2.05) is 0 Å². The molecule has 7 nitrogen and oxygen atoms in total. The maximum atomic E-state index is 5.97. The minimum absolute atomic E-state index is 0.165. The molecule has 5 heterocycles. The average molecular weight is 412 g/mol. The average Bonchev–Trinajstić information content (AvgIpc) is 3.38. The van der Waals surface area contributed by atoms with Crippen LogP contribution in [0.4, 0.5) is 11.6 Å². The van der Waals surface area contributed by atoms with Gasteiger partial charge < -0.3 is 29.1 Å². The van der Waals surface area contributed by atoms with Crippen molar-refractivity contribution in [2.75, 3.05) is 36.4 Å². The van der Waals surface area contributed by atoms with Crippen molar-refractivity contribution in [2.24, 2.45) is 10.8 Å². The largest absolute Gasteiger partial charge is 0.476 e. The number of aromatic nitrogens is 1. The number of anilines is 2. The molecule has 0 unspecified atom stereocenters. The third-order valence-electron chi connectivity index (χ3n) is 6.55. The monoisotopic (exact) mass is 411 g/mol. The molecule has 1 aromatic heterocycles. The molecule has 0 spiro atoms. The second kappa shape index (κ2) is 6.46. The van der Waals surface area contributed by atoms with E-state index in [0.717, 1.165) is 50.0 Å². The molecule has 2 saturated heterocycles. The quantitative estimate of drug-likeness (QED) is 0.735. The van der Waals surface area contributed by atoms with Crippen molar-refractivity contribution < 1.29 is 9.47 Å². The molecule has 0 N–H and O–H groups in total.